The third kappa shape index (κ3) is 4.44. The fourth-order valence-corrected chi connectivity index (χ4v) is 3.87. The van der Waals surface area contributed by atoms with Gasteiger partial charge in [0.1, 0.15) is 11.8 Å². The number of carbonyl (C=O) groups is 1. The highest BCUT2D eigenvalue weighted by Crippen LogP contribution is 2.44. The SMILES string of the molecule is [C-]#[N+]C1=C(C)N(c2cccc(C(F)(F)F)c2)C(=N)C(C(=O)OCC)C1c1ccc(C#N)cc1. The number of rotatable bonds is 4. The first kappa shape index (κ1) is 23.6. The quantitative estimate of drug-likeness (QED) is 0.491. The summed E-state index contributed by atoms with van der Waals surface area (Å²) in [6.07, 6.45) is -4.60. The van der Waals surface area contributed by atoms with Crippen molar-refractivity contribution in [3.63, 3.8) is 0 Å². The van der Waals surface area contributed by atoms with Gasteiger partial charge >= 0.3 is 12.1 Å². The van der Waals surface area contributed by atoms with E-state index in [0.29, 0.717) is 11.1 Å². The van der Waals surface area contributed by atoms with Gasteiger partial charge in [0, 0.05) is 17.3 Å². The van der Waals surface area contributed by atoms with Crippen LogP contribution in [-0.4, -0.2) is 18.4 Å². The number of halogens is 3. The van der Waals surface area contributed by atoms with Crippen molar-refractivity contribution in [1.82, 2.24) is 0 Å². The average Bonchev–Trinajstić information content (AvgIpc) is 2.78. The Morgan fingerprint density at radius 3 is 2.48 bits per heavy atom. The average molecular weight is 452 g/mol. The van der Waals surface area contributed by atoms with Gasteiger partial charge in [0.2, 0.25) is 0 Å². The summed E-state index contributed by atoms with van der Waals surface area (Å²) in [6, 6.07) is 12.7. The number of nitriles is 1. The monoisotopic (exact) mass is 452 g/mol. The number of amidine groups is 1. The molecule has 0 aliphatic carbocycles. The van der Waals surface area contributed by atoms with Crippen LogP contribution in [0.3, 0.4) is 0 Å². The van der Waals surface area contributed by atoms with Crippen molar-refractivity contribution in [1.29, 1.82) is 10.7 Å². The van der Waals surface area contributed by atoms with Crippen LogP contribution in [0.25, 0.3) is 4.85 Å². The maximum atomic E-state index is 13.3. The minimum absolute atomic E-state index is 0.0149. The van der Waals surface area contributed by atoms with Crippen LogP contribution in [0.4, 0.5) is 18.9 Å². The minimum Gasteiger partial charge on any atom is -0.465 e. The molecule has 3 rings (SSSR count). The maximum absolute atomic E-state index is 13.3. The number of allylic oxidation sites excluding steroid dienone is 2. The number of carbonyl (C=O) groups excluding carboxylic acids is 1. The molecule has 9 heteroatoms. The first-order valence-corrected chi connectivity index (χ1v) is 9.94. The van der Waals surface area contributed by atoms with Gasteiger partial charge in [0.25, 0.3) is 0 Å². The van der Waals surface area contributed by atoms with Crippen LogP contribution in [-0.2, 0) is 15.7 Å². The van der Waals surface area contributed by atoms with E-state index in [1.165, 1.54) is 36.1 Å². The number of alkyl halides is 3. The minimum atomic E-state index is -4.60. The van der Waals surface area contributed by atoms with Gasteiger partial charge in [-0.1, -0.05) is 18.2 Å². The Hall–Kier alpha value is -4.11. The molecule has 1 aliphatic heterocycles. The van der Waals surface area contributed by atoms with Crippen molar-refractivity contribution >= 4 is 17.5 Å². The molecule has 168 valence electrons. The largest absolute Gasteiger partial charge is 0.465 e. The van der Waals surface area contributed by atoms with Crippen LogP contribution >= 0.6 is 0 Å². The first-order chi connectivity index (χ1) is 15.6. The lowest BCUT2D eigenvalue weighted by molar-refractivity contribution is -0.146. The molecule has 1 N–H and O–H groups in total. The van der Waals surface area contributed by atoms with Gasteiger partial charge in [-0.15, -0.1) is 0 Å². The molecule has 0 bridgehead atoms. The number of hydrogen-bond donors (Lipinski definition) is 1. The fourth-order valence-electron chi connectivity index (χ4n) is 3.87. The summed E-state index contributed by atoms with van der Waals surface area (Å²) in [7, 11) is 0. The van der Waals surface area contributed by atoms with E-state index in [2.05, 4.69) is 4.85 Å². The molecule has 33 heavy (non-hydrogen) atoms. The van der Waals surface area contributed by atoms with Gasteiger partial charge in [-0.25, -0.2) is 4.85 Å². The summed E-state index contributed by atoms with van der Waals surface area (Å²) < 4.78 is 45.1. The third-order valence-corrected chi connectivity index (χ3v) is 5.36. The van der Waals surface area contributed by atoms with Crippen molar-refractivity contribution < 1.29 is 22.7 Å². The molecule has 2 aromatic rings. The van der Waals surface area contributed by atoms with Crippen LogP contribution in [0.15, 0.2) is 59.9 Å². The molecule has 1 heterocycles. The second kappa shape index (κ2) is 9.17. The van der Waals surface area contributed by atoms with E-state index >= 15 is 0 Å². The van der Waals surface area contributed by atoms with Crippen LogP contribution in [0.5, 0.6) is 0 Å². The van der Waals surface area contributed by atoms with E-state index in [1.807, 2.05) is 6.07 Å². The molecular formula is C24H19F3N4O2. The summed E-state index contributed by atoms with van der Waals surface area (Å²) >= 11 is 0. The van der Waals surface area contributed by atoms with E-state index in [9.17, 15) is 18.0 Å². The van der Waals surface area contributed by atoms with Gasteiger partial charge in [-0.05, 0) is 49.7 Å². The number of nitrogens with zero attached hydrogens (tertiary/aromatic N) is 3. The second-order valence-electron chi connectivity index (χ2n) is 7.29. The number of esters is 1. The zero-order valence-corrected chi connectivity index (χ0v) is 17.8. The molecule has 0 spiro atoms. The number of hydrogen-bond acceptors (Lipinski definition) is 4. The van der Waals surface area contributed by atoms with E-state index in [4.69, 9.17) is 22.0 Å². The molecule has 2 aromatic carbocycles. The Balaban J connectivity index is 2.23. The highest BCUT2D eigenvalue weighted by Gasteiger charge is 2.45. The first-order valence-electron chi connectivity index (χ1n) is 9.94. The van der Waals surface area contributed by atoms with Gasteiger partial charge in [0.15, 0.2) is 5.70 Å². The van der Waals surface area contributed by atoms with Gasteiger partial charge < -0.3 is 9.64 Å². The Bertz CT molecular complexity index is 1200. The highest BCUT2D eigenvalue weighted by molar-refractivity contribution is 6.12. The van der Waals surface area contributed by atoms with Gasteiger partial charge in [-0.2, -0.15) is 18.4 Å². The molecule has 2 unspecified atom stereocenters. The normalized spacial score (nSPS) is 18.5. The zero-order valence-electron chi connectivity index (χ0n) is 17.8. The van der Waals surface area contributed by atoms with Crippen LogP contribution in [0.2, 0.25) is 0 Å². The number of anilines is 1. The second-order valence-corrected chi connectivity index (χ2v) is 7.29. The summed E-state index contributed by atoms with van der Waals surface area (Å²) in [4.78, 5) is 17.7. The van der Waals surface area contributed by atoms with Crippen molar-refractivity contribution in [2.24, 2.45) is 5.92 Å². The Kier molecular flexibility index (Phi) is 6.55. The van der Waals surface area contributed by atoms with Gasteiger partial charge in [-0.3, -0.25) is 10.2 Å². The van der Waals surface area contributed by atoms with Gasteiger partial charge in [0.05, 0.1) is 30.4 Å². The molecule has 0 aromatic heterocycles. The van der Waals surface area contributed by atoms with E-state index in [1.54, 1.807) is 19.1 Å². The zero-order chi connectivity index (χ0) is 24.3. The van der Waals surface area contributed by atoms with Crippen molar-refractivity contribution in [2.75, 3.05) is 11.5 Å². The molecule has 0 radical (unpaired) electrons. The van der Waals surface area contributed by atoms with Crippen LogP contribution in [0.1, 0.15) is 36.5 Å². The predicted molar refractivity (Wildman–Crippen MR) is 115 cm³/mol. The molecular weight excluding hydrogens is 433 g/mol. The van der Waals surface area contributed by atoms with Crippen molar-refractivity contribution in [3.05, 3.63) is 88.0 Å². The summed E-state index contributed by atoms with van der Waals surface area (Å²) in [6.45, 7) is 10.9. The molecule has 0 fully saturated rings. The Labute approximate surface area is 188 Å². The number of nitrogens with one attached hydrogen (secondary N) is 1. The molecule has 0 amide bonds. The van der Waals surface area contributed by atoms with E-state index in [-0.39, 0.29) is 29.5 Å². The third-order valence-electron chi connectivity index (χ3n) is 5.36. The van der Waals surface area contributed by atoms with E-state index < -0.39 is 29.5 Å². The molecule has 0 saturated heterocycles. The summed E-state index contributed by atoms with van der Waals surface area (Å²) in [5.41, 5.74) is 0.349. The number of ether oxygens (including phenoxy) is 1. The highest BCUT2D eigenvalue weighted by atomic mass is 19.4. The van der Waals surface area contributed by atoms with Crippen molar-refractivity contribution in [3.8, 4) is 6.07 Å². The molecule has 1 aliphatic rings. The summed E-state index contributed by atoms with van der Waals surface area (Å²) in [5.74, 6) is -3.21. The smallest absolute Gasteiger partial charge is 0.416 e. The molecule has 6 nitrogen and oxygen atoms in total. The topological polar surface area (TPSA) is 81.5 Å². The lowest BCUT2D eigenvalue weighted by Gasteiger charge is -2.39. The maximum Gasteiger partial charge on any atom is 0.416 e. The lowest BCUT2D eigenvalue weighted by Crippen LogP contribution is -2.46. The molecule has 0 saturated carbocycles. The Morgan fingerprint density at radius 2 is 1.94 bits per heavy atom. The predicted octanol–water partition coefficient (Wildman–Crippen LogP) is 5.49. The Morgan fingerprint density at radius 1 is 1.27 bits per heavy atom. The molecule has 2 atom stereocenters. The lowest BCUT2D eigenvalue weighted by atomic mass is 9.78. The number of benzene rings is 2. The van der Waals surface area contributed by atoms with Crippen molar-refractivity contribution in [2.45, 2.75) is 25.9 Å². The van der Waals surface area contributed by atoms with E-state index in [0.717, 1.165) is 12.1 Å². The standard InChI is InChI=1S/C24H19F3N4O2/c1-4-33-23(32)20-19(16-10-8-15(13-28)9-11-16)21(30-3)14(2)31(22(20)29)18-7-5-6-17(12-18)24(25,26)27/h5-12,19-20,29H,4H2,1-2H3. The van der Waals surface area contributed by atoms with Crippen LogP contribution in [0, 0.1) is 29.2 Å². The summed E-state index contributed by atoms with van der Waals surface area (Å²) in [5, 5.41) is 17.9. The van der Waals surface area contributed by atoms with Crippen LogP contribution < -0.4 is 4.90 Å². The fraction of sp³-hybridized carbons (Fsp3) is 0.250.